The van der Waals surface area contributed by atoms with Gasteiger partial charge in [-0.3, -0.25) is 0 Å². The summed E-state index contributed by atoms with van der Waals surface area (Å²) in [5, 5.41) is 9.86. The zero-order valence-electron chi connectivity index (χ0n) is 8.78. The average molecular weight is 212 g/mol. The fraction of sp³-hybridized carbons (Fsp3) is 0.455. The second-order valence-corrected chi connectivity index (χ2v) is 4.13. The first-order valence-electron chi connectivity index (χ1n) is 4.50. The van der Waals surface area contributed by atoms with E-state index >= 15 is 0 Å². The lowest BCUT2D eigenvalue weighted by molar-refractivity contribution is 0.199. The molecule has 1 aromatic carbocycles. The van der Waals surface area contributed by atoms with Gasteiger partial charge in [0.15, 0.2) is 0 Å². The first-order chi connectivity index (χ1) is 6.69. The van der Waals surface area contributed by atoms with Gasteiger partial charge in [0.25, 0.3) is 0 Å². The molecular weight excluding hydrogens is 196 g/mol. The summed E-state index contributed by atoms with van der Waals surface area (Å²) in [6.07, 6.45) is 1.53. The van der Waals surface area contributed by atoms with Gasteiger partial charge in [-0.2, -0.15) is 11.8 Å². The van der Waals surface area contributed by atoms with Gasteiger partial charge in [0.2, 0.25) is 0 Å². The SMILES string of the molecule is COc1ccc(C)cc1C(O)CSC. The molecule has 0 aliphatic heterocycles. The van der Waals surface area contributed by atoms with Crippen molar-refractivity contribution >= 4 is 11.8 Å². The average Bonchev–Trinajstić information content (AvgIpc) is 2.18. The molecule has 0 aliphatic carbocycles. The Kier molecular flexibility index (Phi) is 4.29. The number of methoxy groups -OCH3 is 1. The van der Waals surface area contributed by atoms with Gasteiger partial charge in [-0.15, -0.1) is 0 Å². The summed E-state index contributed by atoms with van der Waals surface area (Å²) in [5.74, 6) is 1.46. The molecule has 0 fully saturated rings. The van der Waals surface area contributed by atoms with Crippen LogP contribution in [0.1, 0.15) is 17.2 Å². The molecule has 1 unspecified atom stereocenters. The highest BCUT2D eigenvalue weighted by Gasteiger charge is 2.12. The van der Waals surface area contributed by atoms with E-state index in [1.807, 2.05) is 31.4 Å². The first kappa shape index (κ1) is 11.4. The molecule has 3 heteroatoms. The van der Waals surface area contributed by atoms with E-state index in [0.717, 1.165) is 16.9 Å². The van der Waals surface area contributed by atoms with Crippen LogP contribution in [0.2, 0.25) is 0 Å². The van der Waals surface area contributed by atoms with Crippen molar-refractivity contribution in [3.8, 4) is 5.75 Å². The number of aryl methyl sites for hydroxylation is 1. The van der Waals surface area contributed by atoms with Crippen LogP contribution < -0.4 is 4.74 Å². The molecule has 1 rings (SSSR count). The monoisotopic (exact) mass is 212 g/mol. The maximum absolute atomic E-state index is 9.86. The van der Waals surface area contributed by atoms with E-state index < -0.39 is 6.10 Å². The Morgan fingerprint density at radius 2 is 2.21 bits per heavy atom. The molecule has 0 radical (unpaired) electrons. The van der Waals surface area contributed by atoms with Crippen molar-refractivity contribution in [2.24, 2.45) is 0 Å². The summed E-state index contributed by atoms with van der Waals surface area (Å²) in [6.45, 7) is 2.01. The van der Waals surface area contributed by atoms with Gasteiger partial charge in [-0.1, -0.05) is 11.6 Å². The Bertz CT molecular complexity index is 299. The number of aliphatic hydroxyl groups is 1. The molecule has 0 bridgehead atoms. The number of benzene rings is 1. The third kappa shape index (κ3) is 2.66. The Labute approximate surface area is 89.3 Å². The van der Waals surface area contributed by atoms with Crippen molar-refractivity contribution in [3.05, 3.63) is 29.3 Å². The number of ether oxygens (including phenoxy) is 1. The lowest BCUT2D eigenvalue weighted by Gasteiger charge is -2.14. The number of hydrogen-bond donors (Lipinski definition) is 1. The normalized spacial score (nSPS) is 12.6. The van der Waals surface area contributed by atoms with Gasteiger partial charge in [0.1, 0.15) is 5.75 Å². The third-order valence-electron chi connectivity index (χ3n) is 2.07. The molecule has 0 saturated carbocycles. The molecule has 0 saturated heterocycles. The fourth-order valence-corrected chi connectivity index (χ4v) is 1.86. The van der Waals surface area contributed by atoms with Crippen LogP contribution in [0, 0.1) is 6.92 Å². The molecule has 2 nitrogen and oxygen atoms in total. The molecule has 0 aromatic heterocycles. The van der Waals surface area contributed by atoms with E-state index in [-0.39, 0.29) is 0 Å². The fourth-order valence-electron chi connectivity index (χ4n) is 1.36. The summed E-state index contributed by atoms with van der Waals surface area (Å²) in [5.41, 5.74) is 2.02. The second kappa shape index (κ2) is 5.27. The van der Waals surface area contributed by atoms with Crippen molar-refractivity contribution in [2.75, 3.05) is 19.1 Å². The van der Waals surface area contributed by atoms with Gasteiger partial charge in [-0.05, 0) is 25.3 Å². The first-order valence-corrected chi connectivity index (χ1v) is 5.90. The van der Waals surface area contributed by atoms with Crippen LogP contribution in [-0.2, 0) is 0 Å². The Hall–Kier alpha value is -0.670. The third-order valence-corrected chi connectivity index (χ3v) is 2.72. The van der Waals surface area contributed by atoms with Crippen LogP contribution >= 0.6 is 11.8 Å². The van der Waals surface area contributed by atoms with Crippen LogP contribution in [0.15, 0.2) is 18.2 Å². The van der Waals surface area contributed by atoms with E-state index in [4.69, 9.17) is 4.74 Å². The number of thioether (sulfide) groups is 1. The largest absolute Gasteiger partial charge is 0.496 e. The van der Waals surface area contributed by atoms with Crippen molar-refractivity contribution in [1.29, 1.82) is 0 Å². The van der Waals surface area contributed by atoms with Crippen LogP contribution in [-0.4, -0.2) is 24.2 Å². The van der Waals surface area contributed by atoms with E-state index in [0.29, 0.717) is 5.75 Å². The maximum atomic E-state index is 9.86. The van der Waals surface area contributed by atoms with Crippen molar-refractivity contribution in [3.63, 3.8) is 0 Å². The van der Waals surface area contributed by atoms with Gasteiger partial charge in [0.05, 0.1) is 13.2 Å². The van der Waals surface area contributed by atoms with Gasteiger partial charge < -0.3 is 9.84 Å². The Morgan fingerprint density at radius 3 is 2.79 bits per heavy atom. The van der Waals surface area contributed by atoms with Crippen LogP contribution in [0.25, 0.3) is 0 Å². The predicted octanol–water partition coefficient (Wildman–Crippen LogP) is 2.40. The summed E-state index contributed by atoms with van der Waals surface area (Å²) >= 11 is 1.62. The zero-order valence-corrected chi connectivity index (χ0v) is 9.60. The summed E-state index contributed by atoms with van der Waals surface area (Å²) in [4.78, 5) is 0. The highest BCUT2D eigenvalue weighted by Crippen LogP contribution is 2.27. The quantitative estimate of drug-likeness (QED) is 0.831. The Balaban J connectivity index is 2.97. The molecule has 0 aliphatic rings. The van der Waals surface area contributed by atoms with Gasteiger partial charge >= 0.3 is 0 Å². The summed E-state index contributed by atoms with van der Waals surface area (Å²) in [7, 11) is 1.62. The van der Waals surface area contributed by atoms with Crippen LogP contribution in [0.3, 0.4) is 0 Å². The molecule has 1 atom stereocenters. The molecule has 1 aromatic rings. The summed E-state index contributed by atoms with van der Waals surface area (Å²) < 4.78 is 5.20. The maximum Gasteiger partial charge on any atom is 0.124 e. The standard InChI is InChI=1S/C11H16O2S/c1-8-4-5-11(13-2)9(6-8)10(12)7-14-3/h4-6,10,12H,7H2,1-3H3. The lowest BCUT2D eigenvalue weighted by atomic mass is 10.1. The van der Waals surface area contributed by atoms with Crippen molar-refractivity contribution in [2.45, 2.75) is 13.0 Å². The van der Waals surface area contributed by atoms with Crippen molar-refractivity contribution in [1.82, 2.24) is 0 Å². The minimum Gasteiger partial charge on any atom is -0.496 e. The van der Waals surface area contributed by atoms with E-state index in [2.05, 4.69) is 0 Å². The summed E-state index contributed by atoms with van der Waals surface area (Å²) in [6, 6.07) is 5.85. The van der Waals surface area contributed by atoms with Crippen LogP contribution in [0.5, 0.6) is 5.75 Å². The topological polar surface area (TPSA) is 29.5 Å². The highest BCUT2D eigenvalue weighted by molar-refractivity contribution is 7.98. The minimum absolute atomic E-state index is 0.445. The molecule has 78 valence electrons. The second-order valence-electron chi connectivity index (χ2n) is 3.22. The molecule has 1 N–H and O–H groups in total. The molecule has 14 heavy (non-hydrogen) atoms. The number of hydrogen-bond acceptors (Lipinski definition) is 3. The van der Waals surface area contributed by atoms with E-state index in [1.165, 1.54) is 0 Å². The smallest absolute Gasteiger partial charge is 0.124 e. The van der Waals surface area contributed by atoms with Gasteiger partial charge in [-0.25, -0.2) is 0 Å². The predicted molar refractivity (Wildman–Crippen MR) is 61.1 cm³/mol. The molecule has 0 spiro atoms. The molecular formula is C11H16O2S. The van der Waals surface area contributed by atoms with Crippen LogP contribution in [0.4, 0.5) is 0 Å². The molecule has 0 heterocycles. The Morgan fingerprint density at radius 1 is 1.50 bits per heavy atom. The molecule has 0 amide bonds. The number of rotatable bonds is 4. The van der Waals surface area contributed by atoms with Gasteiger partial charge in [0, 0.05) is 11.3 Å². The van der Waals surface area contributed by atoms with Crippen molar-refractivity contribution < 1.29 is 9.84 Å². The zero-order chi connectivity index (χ0) is 10.6. The minimum atomic E-state index is -0.445. The van der Waals surface area contributed by atoms with E-state index in [9.17, 15) is 5.11 Å². The van der Waals surface area contributed by atoms with E-state index in [1.54, 1.807) is 18.9 Å². The number of aliphatic hydroxyl groups excluding tert-OH is 1. The highest BCUT2D eigenvalue weighted by atomic mass is 32.2. The lowest BCUT2D eigenvalue weighted by Crippen LogP contribution is -2.03.